The fraction of sp³-hybridized carbons (Fsp3) is 0.238. The number of aromatic nitrogens is 1. The van der Waals surface area contributed by atoms with Crippen molar-refractivity contribution in [3.63, 3.8) is 0 Å². The van der Waals surface area contributed by atoms with E-state index in [4.69, 9.17) is 0 Å². The Bertz CT molecular complexity index is 1070. The van der Waals surface area contributed by atoms with E-state index in [1.807, 2.05) is 36.1 Å². The Kier molecular flexibility index (Phi) is 4.49. The Hall–Kier alpha value is -2.99. The molecule has 3 aromatic rings. The molecule has 2 aromatic carbocycles. The molecule has 2 N–H and O–H groups in total. The summed E-state index contributed by atoms with van der Waals surface area (Å²) in [4.78, 5) is 30.3. The number of nitrogens with one attached hydrogen (secondary N) is 2. The summed E-state index contributed by atoms with van der Waals surface area (Å²) >= 11 is 0. The molecular weight excluding hydrogens is 345 g/mol. The second-order valence-corrected chi connectivity index (χ2v) is 6.98. The van der Waals surface area contributed by atoms with Gasteiger partial charge in [-0.15, -0.1) is 0 Å². The lowest BCUT2D eigenvalue weighted by Crippen LogP contribution is -2.39. The molecule has 138 valence electrons. The van der Waals surface area contributed by atoms with Crippen LogP contribution in [0.25, 0.3) is 10.9 Å². The van der Waals surface area contributed by atoms with Gasteiger partial charge in [0, 0.05) is 47.4 Å². The quantitative estimate of drug-likeness (QED) is 0.750. The molecule has 1 amide bonds. The zero-order valence-corrected chi connectivity index (χ0v) is 15.0. The average molecular weight is 365 g/mol. The monoisotopic (exact) mass is 365 g/mol. The number of halogens is 1. The number of hydrogen-bond donors (Lipinski definition) is 2. The van der Waals surface area contributed by atoms with Gasteiger partial charge in [-0.2, -0.15) is 0 Å². The minimum absolute atomic E-state index is 0.120. The standard InChI is InChI=1S/C21H20FN3O2/c1-13-2-5-15(6-3-13)23-20(26)12-25-9-8-19-17(11-25)21(27)16-10-14(22)4-7-18(16)24-19/h2-7,10H,8-9,11-12H2,1H3,(H,23,26)(H,24,27). The summed E-state index contributed by atoms with van der Waals surface area (Å²) in [5, 5.41) is 3.22. The number of fused-ring (bicyclic) bond motifs is 2. The van der Waals surface area contributed by atoms with E-state index in [0.717, 1.165) is 16.9 Å². The van der Waals surface area contributed by atoms with Crippen LogP contribution < -0.4 is 10.7 Å². The maximum Gasteiger partial charge on any atom is 0.238 e. The summed E-state index contributed by atoms with van der Waals surface area (Å²) in [5.74, 6) is -0.552. The third-order valence-corrected chi connectivity index (χ3v) is 4.91. The molecule has 0 saturated carbocycles. The van der Waals surface area contributed by atoms with Gasteiger partial charge in [0.25, 0.3) is 0 Å². The Morgan fingerprint density at radius 2 is 2.00 bits per heavy atom. The summed E-state index contributed by atoms with van der Waals surface area (Å²) in [6.45, 7) is 3.24. The molecule has 5 nitrogen and oxygen atoms in total. The molecule has 0 aliphatic carbocycles. The van der Waals surface area contributed by atoms with Crippen LogP contribution in [-0.4, -0.2) is 28.9 Å². The number of aromatic amines is 1. The topological polar surface area (TPSA) is 65.2 Å². The van der Waals surface area contributed by atoms with Crippen LogP contribution in [0.1, 0.15) is 16.8 Å². The van der Waals surface area contributed by atoms with Gasteiger partial charge in [0.1, 0.15) is 5.82 Å². The van der Waals surface area contributed by atoms with Crippen molar-refractivity contribution < 1.29 is 9.18 Å². The predicted molar refractivity (Wildman–Crippen MR) is 103 cm³/mol. The minimum atomic E-state index is -0.432. The van der Waals surface area contributed by atoms with Crippen molar-refractivity contribution in [2.75, 3.05) is 18.4 Å². The summed E-state index contributed by atoms with van der Waals surface area (Å²) in [5.41, 5.74) is 3.84. The van der Waals surface area contributed by atoms with Crippen LogP contribution in [-0.2, 0) is 17.8 Å². The van der Waals surface area contributed by atoms with Gasteiger partial charge in [-0.05, 0) is 37.3 Å². The van der Waals surface area contributed by atoms with E-state index >= 15 is 0 Å². The summed E-state index contributed by atoms with van der Waals surface area (Å²) < 4.78 is 13.5. The highest BCUT2D eigenvalue weighted by Crippen LogP contribution is 2.19. The molecule has 0 radical (unpaired) electrons. The molecule has 1 aliphatic rings. The molecule has 0 atom stereocenters. The molecule has 1 aliphatic heterocycles. The van der Waals surface area contributed by atoms with E-state index in [1.54, 1.807) is 6.07 Å². The number of amides is 1. The van der Waals surface area contributed by atoms with Crippen molar-refractivity contribution in [1.82, 2.24) is 9.88 Å². The molecule has 4 rings (SSSR count). The Morgan fingerprint density at radius 1 is 1.22 bits per heavy atom. The fourth-order valence-corrected chi connectivity index (χ4v) is 3.48. The van der Waals surface area contributed by atoms with Gasteiger partial charge in [0.15, 0.2) is 5.43 Å². The third kappa shape index (κ3) is 3.61. The second-order valence-electron chi connectivity index (χ2n) is 6.98. The Balaban J connectivity index is 1.51. The number of hydrogen-bond acceptors (Lipinski definition) is 3. The second kappa shape index (κ2) is 6.96. The zero-order valence-electron chi connectivity index (χ0n) is 15.0. The molecular formula is C21H20FN3O2. The van der Waals surface area contributed by atoms with Gasteiger partial charge in [-0.1, -0.05) is 17.7 Å². The lowest BCUT2D eigenvalue weighted by atomic mass is 10.0. The Labute approximate surface area is 155 Å². The first-order chi connectivity index (χ1) is 13.0. The molecule has 0 fully saturated rings. The first-order valence-electron chi connectivity index (χ1n) is 8.92. The van der Waals surface area contributed by atoms with Gasteiger partial charge in [-0.25, -0.2) is 4.39 Å². The van der Waals surface area contributed by atoms with Crippen LogP contribution in [0.5, 0.6) is 0 Å². The summed E-state index contributed by atoms with van der Waals surface area (Å²) in [6.07, 6.45) is 0.649. The first-order valence-corrected chi connectivity index (χ1v) is 8.92. The predicted octanol–water partition coefficient (Wildman–Crippen LogP) is 2.97. The van der Waals surface area contributed by atoms with Crippen LogP contribution >= 0.6 is 0 Å². The van der Waals surface area contributed by atoms with Crippen molar-refractivity contribution in [2.45, 2.75) is 19.9 Å². The van der Waals surface area contributed by atoms with E-state index in [9.17, 15) is 14.0 Å². The van der Waals surface area contributed by atoms with Crippen molar-refractivity contribution in [3.8, 4) is 0 Å². The molecule has 0 bridgehead atoms. The van der Waals surface area contributed by atoms with Crippen LogP contribution in [0.2, 0.25) is 0 Å². The highest BCUT2D eigenvalue weighted by molar-refractivity contribution is 5.92. The number of nitrogens with zero attached hydrogens (tertiary/aromatic N) is 1. The summed E-state index contributed by atoms with van der Waals surface area (Å²) in [7, 11) is 0. The highest BCUT2D eigenvalue weighted by atomic mass is 19.1. The number of carbonyl (C=O) groups excluding carboxylic acids is 1. The lowest BCUT2D eigenvalue weighted by molar-refractivity contribution is -0.117. The number of anilines is 1. The largest absolute Gasteiger partial charge is 0.358 e. The number of benzene rings is 2. The van der Waals surface area contributed by atoms with Crippen LogP contribution in [0.4, 0.5) is 10.1 Å². The van der Waals surface area contributed by atoms with Crippen molar-refractivity contribution >= 4 is 22.5 Å². The zero-order chi connectivity index (χ0) is 19.0. The SMILES string of the molecule is Cc1ccc(NC(=O)CN2CCc3[nH]c4ccc(F)cc4c(=O)c3C2)cc1. The maximum atomic E-state index is 13.5. The van der Waals surface area contributed by atoms with E-state index in [1.165, 1.54) is 12.1 Å². The number of carbonyl (C=O) groups is 1. The number of pyridine rings is 1. The molecule has 27 heavy (non-hydrogen) atoms. The molecule has 1 aromatic heterocycles. The Morgan fingerprint density at radius 3 is 2.78 bits per heavy atom. The van der Waals surface area contributed by atoms with E-state index < -0.39 is 5.82 Å². The van der Waals surface area contributed by atoms with Gasteiger partial charge in [0.2, 0.25) is 5.91 Å². The highest BCUT2D eigenvalue weighted by Gasteiger charge is 2.22. The van der Waals surface area contributed by atoms with Crippen LogP contribution in [0.15, 0.2) is 47.3 Å². The van der Waals surface area contributed by atoms with E-state index in [2.05, 4.69) is 10.3 Å². The van der Waals surface area contributed by atoms with E-state index in [-0.39, 0.29) is 17.9 Å². The number of aryl methyl sites for hydroxylation is 1. The summed E-state index contributed by atoms with van der Waals surface area (Å²) in [6, 6.07) is 11.8. The van der Waals surface area contributed by atoms with Crippen molar-refractivity contribution in [3.05, 3.63) is 75.3 Å². The third-order valence-electron chi connectivity index (χ3n) is 4.91. The molecule has 0 saturated heterocycles. The van der Waals surface area contributed by atoms with E-state index in [0.29, 0.717) is 36.0 Å². The van der Waals surface area contributed by atoms with Gasteiger partial charge < -0.3 is 10.3 Å². The average Bonchev–Trinajstić information content (AvgIpc) is 2.65. The van der Waals surface area contributed by atoms with Crippen molar-refractivity contribution in [1.29, 1.82) is 0 Å². The van der Waals surface area contributed by atoms with Crippen molar-refractivity contribution in [2.24, 2.45) is 0 Å². The van der Waals surface area contributed by atoms with Gasteiger partial charge >= 0.3 is 0 Å². The van der Waals surface area contributed by atoms with Crippen LogP contribution in [0, 0.1) is 12.7 Å². The first kappa shape index (κ1) is 17.4. The number of H-pyrrole nitrogens is 1. The minimum Gasteiger partial charge on any atom is -0.358 e. The maximum absolute atomic E-state index is 13.5. The van der Waals surface area contributed by atoms with Gasteiger partial charge in [0.05, 0.1) is 6.54 Å². The normalized spacial score (nSPS) is 14.1. The lowest BCUT2D eigenvalue weighted by Gasteiger charge is -2.27. The molecule has 0 spiro atoms. The smallest absolute Gasteiger partial charge is 0.238 e. The molecule has 2 heterocycles. The van der Waals surface area contributed by atoms with Crippen LogP contribution in [0.3, 0.4) is 0 Å². The fourth-order valence-electron chi connectivity index (χ4n) is 3.48. The number of rotatable bonds is 3. The molecule has 0 unspecified atom stereocenters. The molecule has 6 heteroatoms. The van der Waals surface area contributed by atoms with Gasteiger partial charge in [-0.3, -0.25) is 14.5 Å².